The van der Waals surface area contributed by atoms with Crippen LogP contribution in [-0.2, 0) is 9.53 Å². The highest BCUT2D eigenvalue weighted by molar-refractivity contribution is 6.41. The average Bonchev–Trinajstić information content (AvgIpc) is 2.27. The van der Waals surface area contributed by atoms with Crippen molar-refractivity contribution in [1.82, 2.24) is 0 Å². The molecule has 4 nitrogen and oxygen atoms in total. The summed E-state index contributed by atoms with van der Waals surface area (Å²) in [7, 11) is 1.11. The lowest BCUT2D eigenvalue weighted by Crippen LogP contribution is -2.19. The van der Waals surface area contributed by atoms with E-state index in [0.29, 0.717) is 6.07 Å². The van der Waals surface area contributed by atoms with Crippen molar-refractivity contribution in [2.24, 2.45) is 0 Å². The van der Waals surface area contributed by atoms with E-state index in [4.69, 9.17) is 0 Å². The third-order valence-electron chi connectivity index (χ3n) is 1.92. The average molecular weight is 244 g/mol. The van der Waals surface area contributed by atoms with Crippen molar-refractivity contribution >= 4 is 11.8 Å². The first-order valence-electron chi connectivity index (χ1n) is 4.75. The Balaban J connectivity index is 3.20. The number of ether oxygens (including phenoxy) is 2. The highest BCUT2D eigenvalue weighted by Gasteiger charge is 2.24. The van der Waals surface area contributed by atoms with E-state index in [-0.39, 0.29) is 6.61 Å². The molecule has 0 unspecified atom stereocenters. The molecule has 0 radical (unpaired) electrons. The molecule has 0 atom stereocenters. The van der Waals surface area contributed by atoms with E-state index in [1.54, 1.807) is 0 Å². The molecule has 0 fully saturated rings. The van der Waals surface area contributed by atoms with Crippen LogP contribution in [0.5, 0.6) is 5.75 Å². The predicted molar refractivity (Wildman–Crippen MR) is 53.9 cm³/mol. The minimum absolute atomic E-state index is 0.00924. The van der Waals surface area contributed by atoms with Crippen LogP contribution in [-0.4, -0.2) is 25.5 Å². The smallest absolute Gasteiger partial charge is 0.379 e. The molecule has 6 heteroatoms. The molecule has 17 heavy (non-hydrogen) atoms. The Morgan fingerprint density at radius 1 is 1.29 bits per heavy atom. The van der Waals surface area contributed by atoms with Gasteiger partial charge in [-0.05, 0) is 13.0 Å². The molecule has 0 aromatic heterocycles. The number of rotatable bonds is 4. The molecule has 1 rings (SSSR count). The van der Waals surface area contributed by atoms with Gasteiger partial charge >= 0.3 is 5.97 Å². The molecule has 1 aromatic rings. The number of hydrogen-bond donors (Lipinski definition) is 0. The van der Waals surface area contributed by atoms with Crippen molar-refractivity contribution in [2.45, 2.75) is 6.92 Å². The Morgan fingerprint density at radius 2 is 1.94 bits per heavy atom. The molecule has 0 N–H and O–H groups in total. The van der Waals surface area contributed by atoms with E-state index in [9.17, 15) is 18.4 Å². The van der Waals surface area contributed by atoms with Gasteiger partial charge < -0.3 is 9.47 Å². The van der Waals surface area contributed by atoms with Crippen molar-refractivity contribution < 1.29 is 27.8 Å². The molecule has 1 aromatic carbocycles. The highest BCUT2D eigenvalue weighted by atomic mass is 19.1. The Hall–Kier alpha value is -1.98. The van der Waals surface area contributed by atoms with Crippen LogP contribution in [0, 0.1) is 11.6 Å². The van der Waals surface area contributed by atoms with E-state index in [2.05, 4.69) is 9.47 Å². The summed E-state index contributed by atoms with van der Waals surface area (Å²) in [6, 6.07) is 1.28. The van der Waals surface area contributed by atoms with Crippen LogP contribution in [0.15, 0.2) is 12.1 Å². The van der Waals surface area contributed by atoms with Gasteiger partial charge in [0.2, 0.25) is 0 Å². The maximum absolute atomic E-state index is 13.3. The number of esters is 1. The molecule has 0 spiro atoms. The topological polar surface area (TPSA) is 52.6 Å². The summed E-state index contributed by atoms with van der Waals surface area (Å²) in [6.45, 7) is 1.50. The lowest BCUT2D eigenvalue weighted by atomic mass is 10.1. The van der Waals surface area contributed by atoms with Gasteiger partial charge in [-0.25, -0.2) is 13.6 Å². The van der Waals surface area contributed by atoms with Crippen LogP contribution in [0.1, 0.15) is 17.3 Å². The fourth-order valence-corrected chi connectivity index (χ4v) is 1.24. The van der Waals surface area contributed by atoms with Gasteiger partial charge in [0, 0.05) is 6.07 Å². The summed E-state index contributed by atoms with van der Waals surface area (Å²) in [4.78, 5) is 22.7. The fraction of sp³-hybridized carbons (Fsp3) is 0.273. The van der Waals surface area contributed by atoms with Crippen LogP contribution in [0.3, 0.4) is 0 Å². The summed E-state index contributed by atoms with van der Waals surface area (Å²) in [6.07, 6.45) is 0. The Labute approximate surface area is 96.1 Å². The molecule has 0 aliphatic heterocycles. The van der Waals surface area contributed by atoms with Crippen LogP contribution in [0.4, 0.5) is 8.78 Å². The lowest BCUT2D eigenvalue weighted by Gasteiger charge is -2.08. The summed E-state index contributed by atoms with van der Waals surface area (Å²) < 4.78 is 35.3. The van der Waals surface area contributed by atoms with Gasteiger partial charge in [-0.3, -0.25) is 4.79 Å². The number of ketones is 1. The molecule has 0 amide bonds. The summed E-state index contributed by atoms with van der Waals surface area (Å²) in [5.74, 6) is -4.85. The van der Waals surface area contributed by atoms with Crippen molar-refractivity contribution in [1.29, 1.82) is 0 Å². The molecule has 0 saturated carbocycles. The van der Waals surface area contributed by atoms with Gasteiger partial charge in [-0.1, -0.05) is 0 Å². The Morgan fingerprint density at radius 3 is 2.47 bits per heavy atom. The molecule has 0 bridgehead atoms. The molecule has 0 heterocycles. The zero-order chi connectivity index (χ0) is 13.0. The monoisotopic (exact) mass is 244 g/mol. The number of hydrogen-bond acceptors (Lipinski definition) is 4. The normalized spacial score (nSPS) is 9.88. The van der Waals surface area contributed by atoms with E-state index < -0.39 is 34.7 Å². The molecule has 92 valence electrons. The third-order valence-corrected chi connectivity index (χ3v) is 1.92. The van der Waals surface area contributed by atoms with Gasteiger partial charge in [0.1, 0.15) is 5.82 Å². The summed E-state index contributed by atoms with van der Waals surface area (Å²) in [5.41, 5.74) is -0.497. The first-order chi connectivity index (χ1) is 8.01. The second kappa shape index (κ2) is 5.38. The quantitative estimate of drug-likeness (QED) is 0.459. The Bertz CT molecular complexity index is 457. The second-order valence-corrected chi connectivity index (χ2v) is 3.02. The maximum atomic E-state index is 13.3. The zero-order valence-corrected chi connectivity index (χ0v) is 9.25. The fourth-order valence-electron chi connectivity index (χ4n) is 1.24. The van der Waals surface area contributed by atoms with E-state index >= 15 is 0 Å². The molecule has 0 saturated heterocycles. The maximum Gasteiger partial charge on any atom is 0.379 e. The van der Waals surface area contributed by atoms with E-state index in [1.165, 1.54) is 6.92 Å². The minimum atomic E-state index is -1.18. The van der Waals surface area contributed by atoms with Crippen molar-refractivity contribution in [3.63, 3.8) is 0 Å². The standard InChI is InChI=1S/C11H10F2O4/c1-3-17-11(15)9(14)7-4-6(12)5-8(13)10(7)16-2/h4-5H,3H2,1-2H3. The molecule has 0 aliphatic carbocycles. The number of carbonyl (C=O) groups excluding carboxylic acids is 2. The molecular formula is C11H10F2O4. The van der Waals surface area contributed by atoms with Crippen molar-refractivity contribution in [3.8, 4) is 5.75 Å². The first kappa shape index (κ1) is 13.1. The number of carbonyl (C=O) groups is 2. The van der Waals surface area contributed by atoms with E-state index in [1.807, 2.05) is 0 Å². The number of methoxy groups -OCH3 is 1. The van der Waals surface area contributed by atoms with Crippen LogP contribution < -0.4 is 4.74 Å². The minimum Gasteiger partial charge on any atom is -0.493 e. The van der Waals surface area contributed by atoms with Gasteiger partial charge in [-0.15, -0.1) is 0 Å². The van der Waals surface area contributed by atoms with Crippen LogP contribution in [0.2, 0.25) is 0 Å². The van der Waals surface area contributed by atoms with Gasteiger partial charge in [-0.2, -0.15) is 0 Å². The van der Waals surface area contributed by atoms with Crippen LogP contribution in [0.25, 0.3) is 0 Å². The highest BCUT2D eigenvalue weighted by Crippen LogP contribution is 2.24. The largest absolute Gasteiger partial charge is 0.493 e. The van der Waals surface area contributed by atoms with Gasteiger partial charge in [0.15, 0.2) is 11.6 Å². The second-order valence-electron chi connectivity index (χ2n) is 3.02. The lowest BCUT2D eigenvalue weighted by molar-refractivity contribution is -0.137. The van der Waals surface area contributed by atoms with Crippen molar-refractivity contribution in [2.75, 3.05) is 13.7 Å². The number of halogens is 2. The third kappa shape index (κ3) is 2.77. The Kier molecular flexibility index (Phi) is 4.14. The summed E-state index contributed by atoms with van der Waals surface area (Å²) >= 11 is 0. The molecule has 0 aliphatic rings. The van der Waals surface area contributed by atoms with Gasteiger partial charge in [0.25, 0.3) is 5.78 Å². The summed E-state index contributed by atoms with van der Waals surface area (Å²) in [5, 5.41) is 0. The predicted octanol–water partition coefficient (Wildman–Crippen LogP) is 1.72. The van der Waals surface area contributed by atoms with Crippen molar-refractivity contribution in [3.05, 3.63) is 29.3 Å². The first-order valence-corrected chi connectivity index (χ1v) is 4.75. The number of Topliss-reactive ketones (excluding diaryl/α,β-unsaturated/α-hetero) is 1. The number of benzene rings is 1. The van der Waals surface area contributed by atoms with E-state index in [0.717, 1.165) is 13.2 Å². The zero-order valence-electron chi connectivity index (χ0n) is 9.25. The SMILES string of the molecule is CCOC(=O)C(=O)c1cc(F)cc(F)c1OC. The van der Waals surface area contributed by atoms with Gasteiger partial charge in [0.05, 0.1) is 19.3 Å². The molecular weight excluding hydrogens is 234 g/mol. The van der Waals surface area contributed by atoms with Crippen LogP contribution >= 0.6 is 0 Å².